The van der Waals surface area contributed by atoms with Gasteiger partial charge in [-0.15, -0.1) is 0 Å². The van der Waals surface area contributed by atoms with Crippen molar-refractivity contribution in [2.45, 2.75) is 50.7 Å². The number of anilines is 1. The number of para-hydroxylation sites is 2. The Morgan fingerprint density at radius 2 is 1.82 bits per heavy atom. The smallest absolute Gasteiger partial charge is 0.276 e. The fourth-order valence-electron chi connectivity index (χ4n) is 5.20. The molecule has 172 valence electrons. The first-order valence-corrected chi connectivity index (χ1v) is 11.4. The third-order valence-corrected chi connectivity index (χ3v) is 7.00. The maximum Gasteiger partial charge on any atom is 0.276 e. The zero-order valence-corrected chi connectivity index (χ0v) is 19.3. The van der Waals surface area contributed by atoms with E-state index in [1.54, 1.807) is 19.1 Å². The number of methoxy groups -OCH3 is 2. The van der Waals surface area contributed by atoms with E-state index in [0.717, 1.165) is 36.6 Å². The molecule has 0 spiro atoms. The summed E-state index contributed by atoms with van der Waals surface area (Å²) in [7, 11) is 3.20. The molecule has 0 bridgehead atoms. The highest BCUT2D eigenvalue weighted by Gasteiger charge is 2.49. The van der Waals surface area contributed by atoms with E-state index in [1.165, 1.54) is 0 Å². The summed E-state index contributed by atoms with van der Waals surface area (Å²) < 4.78 is 12.9. The molecule has 1 unspecified atom stereocenters. The minimum atomic E-state index is -1.14. The van der Waals surface area contributed by atoms with Gasteiger partial charge in [0.25, 0.3) is 5.91 Å². The van der Waals surface area contributed by atoms with Crippen LogP contribution in [0.5, 0.6) is 11.5 Å². The molecule has 1 aromatic heterocycles. The molecule has 1 fully saturated rings. The number of benzene rings is 2. The molecule has 7 nitrogen and oxygen atoms in total. The molecule has 2 aromatic carbocycles. The molecule has 1 atom stereocenters. The summed E-state index contributed by atoms with van der Waals surface area (Å²) >= 11 is 0. The highest BCUT2D eigenvalue weighted by atomic mass is 16.5. The summed E-state index contributed by atoms with van der Waals surface area (Å²) in [6.07, 6.45) is 4.17. The van der Waals surface area contributed by atoms with Gasteiger partial charge < -0.3 is 19.4 Å². The van der Waals surface area contributed by atoms with Crippen LogP contribution in [-0.2, 0) is 11.3 Å². The molecule has 5 rings (SSSR count). The van der Waals surface area contributed by atoms with Crippen molar-refractivity contribution in [1.29, 1.82) is 0 Å². The average Bonchev–Trinajstić information content (AvgIpc) is 3.47. The Bertz CT molecular complexity index is 1230. The molecule has 2 amide bonds. The van der Waals surface area contributed by atoms with E-state index in [1.807, 2.05) is 60.0 Å². The van der Waals surface area contributed by atoms with Gasteiger partial charge >= 0.3 is 0 Å². The molecule has 7 heteroatoms. The molecule has 1 N–H and O–H groups in total. The van der Waals surface area contributed by atoms with E-state index in [-0.39, 0.29) is 17.9 Å². The number of carbonyl (C=O) groups is 2. The molecular weight excluding hydrogens is 418 g/mol. The van der Waals surface area contributed by atoms with Gasteiger partial charge in [0.05, 0.1) is 32.0 Å². The lowest BCUT2D eigenvalue weighted by Crippen LogP contribution is -2.65. The van der Waals surface area contributed by atoms with Gasteiger partial charge in [0.1, 0.15) is 22.7 Å². The van der Waals surface area contributed by atoms with E-state index < -0.39 is 5.54 Å². The van der Waals surface area contributed by atoms with Crippen molar-refractivity contribution in [3.63, 3.8) is 0 Å². The predicted octanol–water partition coefficient (Wildman–Crippen LogP) is 4.14. The first-order chi connectivity index (χ1) is 16.0. The van der Waals surface area contributed by atoms with Gasteiger partial charge in [0, 0.05) is 17.5 Å². The number of carbonyl (C=O) groups excluding carboxylic acids is 2. The van der Waals surface area contributed by atoms with Crippen LogP contribution in [0.2, 0.25) is 0 Å². The maximum atomic E-state index is 14.0. The summed E-state index contributed by atoms with van der Waals surface area (Å²) in [6.45, 7) is 2.16. The van der Waals surface area contributed by atoms with Crippen molar-refractivity contribution in [1.82, 2.24) is 9.88 Å². The van der Waals surface area contributed by atoms with Crippen LogP contribution in [0.1, 0.15) is 43.1 Å². The molecule has 3 aromatic rings. The normalized spacial score (nSPS) is 20.7. The van der Waals surface area contributed by atoms with Crippen LogP contribution in [0, 0.1) is 0 Å². The third-order valence-electron chi connectivity index (χ3n) is 7.00. The topological polar surface area (TPSA) is 72.8 Å². The summed E-state index contributed by atoms with van der Waals surface area (Å²) in [5.74, 6) is 0.881. The molecule has 1 saturated carbocycles. The fourth-order valence-corrected chi connectivity index (χ4v) is 5.20. The van der Waals surface area contributed by atoms with E-state index in [4.69, 9.17) is 9.47 Å². The second kappa shape index (κ2) is 8.14. The van der Waals surface area contributed by atoms with Crippen LogP contribution in [0.4, 0.5) is 5.69 Å². The van der Waals surface area contributed by atoms with Crippen LogP contribution in [-0.4, -0.2) is 42.2 Å². The van der Waals surface area contributed by atoms with Crippen molar-refractivity contribution < 1.29 is 19.1 Å². The largest absolute Gasteiger partial charge is 0.497 e. The van der Waals surface area contributed by atoms with E-state index >= 15 is 0 Å². The van der Waals surface area contributed by atoms with Crippen LogP contribution >= 0.6 is 0 Å². The van der Waals surface area contributed by atoms with Crippen molar-refractivity contribution >= 4 is 28.4 Å². The number of ether oxygens (including phenoxy) is 2. The van der Waals surface area contributed by atoms with Gasteiger partial charge in [0.2, 0.25) is 5.91 Å². The van der Waals surface area contributed by atoms with Gasteiger partial charge in [-0.1, -0.05) is 25.0 Å². The van der Waals surface area contributed by atoms with Crippen LogP contribution in [0.15, 0.2) is 48.5 Å². The highest BCUT2D eigenvalue weighted by Crippen LogP contribution is 2.40. The SMILES string of the molecule is COc1ccc2cc3n(c2c1)CC(C)(C(=O)NC1CCCC1)N(c1ccccc1OC)C3=O. The number of nitrogens with one attached hydrogen (secondary N) is 1. The Labute approximate surface area is 193 Å². The Morgan fingerprint density at radius 3 is 2.55 bits per heavy atom. The van der Waals surface area contributed by atoms with Crippen LogP contribution in [0.25, 0.3) is 10.9 Å². The molecule has 0 saturated heterocycles. The van der Waals surface area contributed by atoms with Crippen molar-refractivity contribution in [3.8, 4) is 11.5 Å². The van der Waals surface area contributed by atoms with Gasteiger partial charge in [-0.3, -0.25) is 14.5 Å². The van der Waals surface area contributed by atoms with E-state index in [2.05, 4.69) is 5.32 Å². The van der Waals surface area contributed by atoms with Crippen LogP contribution in [0.3, 0.4) is 0 Å². The summed E-state index contributed by atoms with van der Waals surface area (Å²) in [5, 5.41) is 4.16. The molecular formula is C26H29N3O4. The number of amides is 2. The monoisotopic (exact) mass is 447 g/mol. The number of aromatic nitrogens is 1. The quantitative estimate of drug-likeness (QED) is 0.638. The maximum absolute atomic E-state index is 14.0. The number of hydrogen-bond acceptors (Lipinski definition) is 4. The summed E-state index contributed by atoms with van der Waals surface area (Å²) in [4.78, 5) is 29.4. The van der Waals surface area contributed by atoms with E-state index in [9.17, 15) is 9.59 Å². The summed E-state index contributed by atoms with van der Waals surface area (Å²) in [6, 6.07) is 15.1. The minimum absolute atomic E-state index is 0.145. The Hall–Kier alpha value is -3.48. The highest BCUT2D eigenvalue weighted by molar-refractivity contribution is 6.14. The van der Waals surface area contributed by atoms with Gasteiger partial charge in [-0.05, 0) is 50.1 Å². The second-order valence-corrected chi connectivity index (χ2v) is 9.08. The Balaban J connectivity index is 1.67. The summed E-state index contributed by atoms with van der Waals surface area (Å²) in [5.41, 5.74) is 0.854. The second-order valence-electron chi connectivity index (χ2n) is 9.08. The lowest BCUT2D eigenvalue weighted by molar-refractivity contribution is -0.127. The Kier molecular flexibility index (Phi) is 5.27. The number of hydrogen-bond donors (Lipinski definition) is 1. The van der Waals surface area contributed by atoms with Crippen molar-refractivity contribution in [2.24, 2.45) is 0 Å². The first kappa shape index (κ1) is 21.4. The molecule has 1 aliphatic heterocycles. The zero-order valence-electron chi connectivity index (χ0n) is 19.3. The standard InChI is InChI=1S/C26H29N3O4/c1-26(25(31)27-18-8-4-5-9-18)16-28-21-15-19(32-2)13-12-17(21)14-22(28)24(30)29(26)20-10-6-7-11-23(20)33-3/h6-7,10-15,18H,4-5,8-9,16H2,1-3H3,(H,27,31). The van der Waals surface area contributed by atoms with Gasteiger partial charge in [0.15, 0.2) is 0 Å². The zero-order chi connectivity index (χ0) is 23.2. The van der Waals surface area contributed by atoms with Gasteiger partial charge in [-0.2, -0.15) is 0 Å². The number of rotatable bonds is 5. The predicted molar refractivity (Wildman–Crippen MR) is 127 cm³/mol. The number of fused-ring (bicyclic) bond motifs is 3. The molecule has 2 heterocycles. The first-order valence-electron chi connectivity index (χ1n) is 11.4. The molecule has 2 aliphatic rings. The molecule has 1 aliphatic carbocycles. The average molecular weight is 448 g/mol. The lowest BCUT2D eigenvalue weighted by Gasteiger charge is -2.44. The molecule has 33 heavy (non-hydrogen) atoms. The Morgan fingerprint density at radius 1 is 1.06 bits per heavy atom. The van der Waals surface area contributed by atoms with Crippen LogP contribution < -0.4 is 19.7 Å². The fraction of sp³-hybridized carbons (Fsp3) is 0.385. The van der Waals surface area contributed by atoms with Crippen molar-refractivity contribution in [2.75, 3.05) is 19.1 Å². The third kappa shape index (κ3) is 3.43. The van der Waals surface area contributed by atoms with Gasteiger partial charge in [-0.25, -0.2) is 0 Å². The number of nitrogens with zero attached hydrogens (tertiary/aromatic N) is 2. The molecule has 0 radical (unpaired) electrons. The van der Waals surface area contributed by atoms with Crippen molar-refractivity contribution in [3.05, 3.63) is 54.2 Å². The van der Waals surface area contributed by atoms with E-state index in [0.29, 0.717) is 29.4 Å². The lowest BCUT2D eigenvalue weighted by atomic mass is 9.93. The minimum Gasteiger partial charge on any atom is -0.497 e.